The van der Waals surface area contributed by atoms with Crippen LogP contribution in [0, 0.1) is 0 Å². The minimum atomic E-state index is 0.225. The van der Waals surface area contributed by atoms with Gasteiger partial charge in [-0.15, -0.1) is 0 Å². The van der Waals surface area contributed by atoms with Crippen LogP contribution in [0.15, 0.2) is 78.9 Å². The van der Waals surface area contributed by atoms with Crippen molar-refractivity contribution < 1.29 is 9.84 Å². The maximum Gasteiger partial charge on any atom is 0.119 e. The third kappa shape index (κ3) is 5.16. The zero-order valence-corrected chi connectivity index (χ0v) is 16.6. The molecule has 0 radical (unpaired) electrons. The normalized spacial score (nSPS) is 11.8. The molecule has 0 aromatic heterocycles. The number of phenols is 1. The van der Waals surface area contributed by atoms with Crippen LogP contribution >= 0.6 is 11.6 Å². The first-order valence-electron chi connectivity index (χ1n) is 9.37. The summed E-state index contributed by atoms with van der Waals surface area (Å²) in [6.07, 6.45) is 0. The van der Waals surface area contributed by atoms with Crippen molar-refractivity contribution >= 4 is 22.2 Å². The number of hydrogen-bond donors (Lipinski definition) is 2. The number of hydrogen-bond acceptors (Lipinski definition) is 3. The lowest BCUT2D eigenvalue weighted by atomic mass is 9.95. The lowest BCUT2D eigenvalue weighted by molar-refractivity contribution is 0.315. The second kappa shape index (κ2) is 9.98. The summed E-state index contributed by atoms with van der Waals surface area (Å²) in [6, 6.07) is 24.9. The van der Waals surface area contributed by atoms with Gasteiger partial charge in [-0.3, -0.25) is 0 Å². The van der Waals surface area contributed by atoms with E-state index in [1.807, 2.05) is 66.7 Å². The summed E-state index contributed by atoms with van der Waals surface area (Å²) in [4.78, 5) is 0. The van der Waals surface area contributed by atoms with E-state index >= 15 is 0 Å². The fourth-order valence-electron chi connectivity index (χ4n) is 2.91. The van der Waals surface area contributed by atoms with Crippen LogP contribution in [-0.2, 0) is 0 Å². The zero-order chi connectivity index (χ0) is 19.8. The second-order valence-corrected chi connectivity index (χ2v) is 6.71. The van der Waals surface area contributed by atoms with Crippen molar-refractivity contribution in [3.8, 4) is 11.5 Å². The summed E-state index contributed by atoms with van der Waals surface area (Å²) in [5, 5.41) is 13.5. The summed E-state index contributed by atoms with van der Waals surface area (Å²) < 4.78 is 5.76. The Bertz CT molecular complexity index is 904. The van der Waals surface area contributed by atoms with Crippen molar-refractivity contribution in [2.75, 3.05) is 19.7 Å². The van der Waals surface area contributed by atoms with E-state index in [-0.39, 0.29) is 5.75 Å². The molecule has 144 valence electrons. The largest absolute Gasteiger partial charge is 0.508 e. The Morgan fingerprint density at radius 2 is 1.46 bits per heavy atom. The Balaban J connectivity index is 1.94. The molecule has 0 aliphatic carbocycles. The first-order valence-corrected chi connectivity index (χ1v) is 9.75. The van der Waals surface area contributed by atoms with Gasteiger partial charge in [-0.25, -0.2) is 0 Å². The van der Waals surface area contributed by atoms with Crippen LogP contribution in [0.1, 0.15) is 23.6 Å². The molecule has 0 aliphatic heterocycles. The van der Waals surface area contributed by atoms with Gasteiger partial charge in [-0.1, -0.05) is 73.1 Å². The van der Waals surface area contributed by atoms with E-state index in [4.69, 9.17) is 16.3 Å². The molecule has 4 heteroatoms. The van der Waals surface area contributed by atoms with E-state index in [1.54, 1.807) is 12.1 Å². The molecule has 3 aromatic carbocycles. The fourth-order valence-corrected chi connectivity index (χ4v) is 3.26. The average Bonchev–Trinajstić information content (AvgIpc) is 2.74. The quantitative estimate of drug-likeness (QED) is 0.390. The molecule has 0 amide bonds. The van der Waals surface area contributed by atoms with Crippen molar-refractivity contribution in [3.05, 3.63) is 95.6 Å². The predicted octanol–water partition coefficient (Wildman–Crippen LogP) is 5.54. The van der Waals surface area contributed by atoms with Crippen LogP contribution in [0.4, 0.5) is 0 Å². The third-order valence-electron chi connectivity index (χ3n) is 4.34. The molecule has 0 saturated carbocycles. The molecule has 3 nitrogen and oxygen atoms in total. The van der Waals surface area contributed by atoms with Crippen LogP contribution in [0.3, 0.4) is 0 Å². The van der Waals surface area contributed by atoms with Crippen molar-refractivity contribution in [2.24, 2.45) is 0 Å². The molecular formula is C24H24ClNO2. The van der Waals surface area contributed by atoms with Gasteiger partial charge in [0.25, 0.3) is 0 Å². The number of rotatable bonds is 8. The standard InChI is InChI=1S/C24H24ClNO2/c1-2-26-16-17-28-22-14-10-19(11-15-22)23(18-8-12-21(27)13-9-18)24(25)20-6-4-3-5-7-20/h3-15,26-27H,2,16-17H2,1H3/b24-23-. The van der Waals surface area contributed by atoms with Gasteiger partial charge in [0.05, 0.1) is 5.03 Å². The molecular weight excluding hydrogens is 370 g/mol. The second-order valence-electron chi connectivity index (χ2n) is 6.33. The van der Waals surface area contributed by atoms with Gasteiger partial charge in [-0.2, -0.15) is 0 Å². The minimum Gasteiger partial charge on any atom is -0.508 e. The number of ether oxygens (including phenoxy) is 1. The molecule has 3 aromatic rings. The van der Waals surface area contributed by atoms with Crippen LogP contribution in [0.25, 0.3) is 10.6 Å². The molecule has 0 spiro atoms. The van der Waals surface area contributed by atoms with E-state index in [1.165, 1.54) is 0 Å². The fraction of sp³-hybridized carbons (Fsp3) is 0.167. The van der Waals surface area contributed by atoms with Crippen LogP contribution in [0.5, 0.6) is 11.5 Å². The summed E-state index contributed by atoms with van der Waals surface area (Å²) in [7, 11) is 0. The van der Waals surface area contributed by atoms with Gasteiger partial charge in [0.2, 0.25) is 0 Å². The highest BCUT2D eigenvalue weighted by Crippen LogP contribution is 2.35. The smallest absolute Gasteiger partial charge is 0.119 e. The van der Waals surface area contributed by atoms with Gasteiger partial charge in [0, 0.05) is 12.1 Å². The van der Waals surface area contributed by atoms with Crippen molar-refractivity contribution in [3.63, 3.8) is 0 Å². The Morgan fingerprint density at radius 3 is 2.07 bits per heavy atom. The first kappa shape index (κ1) is 20.0. The first-order chi connectivity index (χ1) is 13.7. The highest BCUT2D eigenvalue weighted by molar-refractivity contribution is 6.53. The third-order valence-corrected chi connectivity index (χ3v) is 4.75. The monoisotopic (exact) mass is 393 g/mol. The van der Waals surface area contributed by atoms with Gasteiger partial charge < -0.3 is 15.2 Å². The van der Waals surface area contributed by atoms with E-state index in [2.05, 4.69) is 12.2 Å². The Morgan fingerprint density at radius 1 is 0.857 bits per heavy atom. The molecule has 0 unspecified atom stereocenters. The van der Waals surface area contributed by atoms with Crippen LogP contribution in [0.2, 0.25) is 0 Å². The lowest BCUT2D eigenvalue weighted by Crippen LogP contribution is -2.20. The number of nitrogens with one attached hydrogen (secondary N) is 1. The molecule has 28 heavy (non-hydrogen) atoms. The number of aromatic hydroxyl groups is 1. The zero-order valence-electron chi connectivity index (χ0n) is 15.9. The van der Waals surface area contributed by atoms with E-state index in [0.717, 1.165) is 41.1 Å². The molecule has 2 N–H and O–H groups in total. The topological polar surface area (TPSA) is 41.5 Å². The Labute approximate surface area is 171 Å². The molecule has 0 fully saturated rings. The van der Waals surface area contributed by atoms with Gasteiger partial charge in [-0.05, 0) is 47.5 Å². The number of phenolic OH excluding ortho intramolecular Hbond substituents is 1. The van der Waals surface area contributed by atoms with Crippen molar-refractivity contribution in [1.29, 1.82) is 0 Å². The number of benzene rings is 3. The summed E-state index contributed by atoms with van der Waals surface area (Å²) in [5.41, 5.74) is 3.77. The summed E-state index contributed by atoms with van der Waals surface area (Å²) in [6.45, 7) is 4.44. The van der Waals surface area contributed by atoms with E-state index in [0.29, 0.717) is 11.6 Å². The van der Waals surface area contributed by atoms with Crippen molar-refractivity contribution in [2.45, 2.75) is 6.92 Å². The van der Waals surface area contributed by atoms with Gasteiger partial charge in [0.15, 0.2) is 0 Å². The Hall–Kier alpha value is -2.75. The van der Waals surface area contributed by atoms with Crippen LogP contribution < -0.4 is 10.1 Å². The van der Waals surface area contributed by atoms with E-state index < -0.39 is 0 Å². The molecule has 0 atom stereocenters. The van der Waals surface area contributed by atoms with Gasteiger partial charge in [0.1, 0.15) is 18.1 Å². The molecule has 0 saturated heterocycles. The SMILES string of the molecule is CCNCCOc1ccc(/C(=C(\Cl)c2ccccc2)c2ccc(O)cc2)cc1. The maximum absolute atomic E-state index is 9.65. The molecule has 0 heterocycles. The molecule has 0 aliphatic rings. The average molecular weight is 394 g/mol. The maximum atomic E-state index is 9.65. The molecule has 3 rings (SSSR count). The number of likely N-dealkylation sites (N-methyl/N-ethyl adjacent to an activating group) is 1. The minimum absolute atomic E-state index is 0.225. The predicted molar refractivity (Wildman–Crippen MR) is 117 cm³/mol. The van der Waals surface area contributed by atoms with Gasteiger partial charge >= 0.3 is 0 Å². The lowest BCUT2D eigenvalue weighted by Gasteiger charge is -2.14. The van der Waals surface area contributed by atoms with Crippen molar-refractivity contribution in [1.82, 2.24) is 5.32 Å². The number of halogens is 1. The van der Waals surface area contributed by atoms with Crippen LogP contribution in [-0.4, -0.2) is 24.8 Å². The summed E-state index contributed by atoms with van der Waals surface area (Å²) >= 11 is 6.82. The molecule has 0 bridgehead atoms. The summed E-state index contributed by atoms with van der Waals surface area (Å²) in [5.74, 6) is 1.05. The Kier molecular flexibility index (Phi) is 7.12. The highest BCUT2D eigenvalue weighted by Gasteiger charge is 2.13. The highest BCUT2D eigenvalue weighted by atomic mass is 35.5. The van der Waals surface area contributed by atoms with E-state index in [9.17, 15) is 5.11 Å².